The molecule has 0 spiro atoms. The molecule has 1 aromatic heterocycles. The first kappa shape index (κ1) is 9.97. The lowest BCUT2D eigenvalue weighted by Crippen LogP contribution is -1.99. The lowest BCUT2D eigenvalue weighted by atomic mass is 10.0. The fourth-order valence-corrected chi connectivity index (χ4v) is 1.99. The van der Waals surface area contributed by atoms with E-state index in [-0.39, 0.29) is 5.78 Å². The zero-order valence-electron chi connectivity index (χ0n) is 9.13. The van der Waals surface area contributed by atoms with Gasteiger partial charge in [0.05, 0.1) is 0 Å². The first-order valence-electron chi connectivity index (χ1n) is 5.34. The number of hydrogen-bond acceptors (Lipinski definition) is 1. The van der Waals surface area contributed by atoms with Crippen molar-refractivity contribution < 1.29 is 4.79 Å². The first-order valence-corrected chi connectivity index (χ1v) is 5.34. The van der Waals surface area contributed by atoms with E-state index in [0.29, 0.717) is 6.42 Å². The summed E-state index contributed by atoms with van der Waals surface area (Å²) in [6.45, 7) is 3.99. The fraction of sp³-hybridized carbons (Fsp3) is 0.308. The van der Waals surface area contributed by atoms with Crippen LogP contribution in [0.5, 0.6) is 0 Å². The third-order valence-corrected chi connectivity index (χ3v) is 2.65. The van der Waals surface area contributed by atoms with E-state index in [1.54, 1.807) is 0 Å². The molecular weight excluding hydrogens is 186 g/mol. The Bertz CT molecular complexity index is 496. The molecule has 78 valence electrons. The summed E-state index contributed by atoms with van der Waals surface area (Å²) in [5.41, 5.74) is 2.90. The summed E-state index contributed by atoms with van der Waals surface area (Å²) in [5.74, 6) is 0.243. The van der Waals surface area contributed by atoms with E-state index in [9.17, 15) is 4.79 Å². The summed E-state index contributed by atoms with van der Waals surface area (Å²) in [4.78, 5) is 15.2. The van der Waals surface area contributed by atoms with E-state index in [1.165, 1.54) is 0 Å². The first-order chi connectivity index (χ1) is 7.24. The largest absolute Gasteiger partial charge is 0.358 e. The number of aryl methyl sites for hydroxylation is 1. The van der Waals surface area contributed by atoms with Gasteiger partial charge in [-0.15, -0.1) is 0 Å². The van der Waals surface area contributed by atoms with Crippen LogP contribution in [0.1, 0.15) is 35.8 Å². The molecular formula is C13H15NO. The zero-order chi connectivity index (χ0) is 10.8. The van der Waals surface area contributed by atoms with Crippen LogP contribution in [0.3, 0.4) is 0 Å². The number of carbonyl (C=O) groups is 1. The molecule has 0 atom stereocenters. The van der Waals surface area contributed by atoms with E-state index >= 15 is 0 Å². The minimum atomic E-state index is 0.243. The predicted molar refractivity (Wildman–Crippen MR) is 62.3 cm³/mol. The Morgan fingerprint density at radius 1 is 1.33 bits per heavy atom. The summed E-state index contributed by atoms with van der Waals surface area (Å²) in [6.07, 6.45) is 1.53. The monoisotopic (exact) mass is 201 g/mol. The normalized spacial score (nSPS) is 10.8. The van der Waals surface area contributed by atoms with Crippen molar-refractivity contribution in [1.29, 1.82) is 0 Å². The molecule has 1 N–H and O–H groups in total. The molecule has 15 heavy (non-hydrogen) atoms. The summed E-state index contributed by atoms with van der Waals surface area (Å²) < 4.78 is 0. The minimum Gasteiger partial charge on any atom is -0.358 e. The Morgan fingerprint density at radius 2 is 2.07 bits per heavy atom. The Hall–Kier alpha value is -1.57. The number of Topliss-reactive ketones (excluding diaryl/α,β-unsaturated/α-hetero) is 1. The molecule has 0 saturated carbocycles. The fourth-order valence-electron chi connectivity index (χ4n) is 1.99. The van der Waals surface area contributed by atoms with Crippen LogP contribution in [0.25, 0.3) is 10.9 Å². The van der Waals surface area contributed by atoms with Crippen LogP contribution < -0.4 is 0 Å². The average Bonchev–Trinajstić information content (AvgIpc) is 2.54. The van der Waals surface area contributed by atoms with Gasteiger partial charge in [0.15, 0.2) is 5.78 Å². The standard InChI is InChI=1S/C13H15NO/c1-3-6-12(15)13-9(2)14-11-8-5-4-7-10(11)13/h4-5,7-8,14H,3,6H2,1-2H3. The SMILES string of the molecule is CCCC(=O)c1c(C)[nH]c2ccccc12. The van der Waals surface area contributed by atoms with Crippen LogP contribution in [0.2, 0.25) is 0 Å². The summed E-state index contributed by atoms with van der Waals surface area (Å²) in [7, 11) is 0. The number of aromatic amines is 1. The second-order valence-electron chi connectivity index (χ2n) is 3.84. The van der Waals surface area contributed by atoms with Gasteiger partial charge in [-0.25, -0.2) is 0 Å². The molecule has 0 aliphatic heterocycles. The Morgan fingerprint density at radius 3 is 2.80 bits per heavy atom. The van der Waals surface area contributed by atoms with Crippen molar-refractivity contribution in [2.45, 2.75) is 26.7 Å². The number of hydrogen-bond donors (Lipinski definition) is 1. The molecule has 2 aromatic rings. The quantitative estimate of drug-likeness (QED) is 0.758. The summed E-state index contributed by atoms with van der Waals surface area (Å²) in [5, 5.41) is 1.05. The average molecular weight is 201 g/mol. The topological polar surface area (TPSA) is 32.9 Å². The highest BCUT2D eigenvalue weighted by atomic mass is 16.1. The maximum atomic E-state index is 11.9. The van der Waals surface area contributed by atoms with Crippen molar-refractivity contribution >= 4 is 16.7 Å². The van der Waals surface area contributed by atoms with Gasteiger partial charge in [0.1, 0.15) is 0 Å². The van der Waals surface area contributed by atoms with Crippen molar-refractivity contribution in [3.63, 3.8) is 0 Å². The number of para-hydroxylation sites is 1. The van der Waals surface area contributed by atoms with Gasteiger partial charge in [-0.3, -0.25) is 4.79 Å². The Balaban J connectivity index is 2.58. The molecule has 0 aliphatic carbocycles. The van der Waals surface area contributed by atoms with Gasteiger partial charge in [0, 0.05) is 28.6 Å². The lowest BCUT2D eigenvalue weighted by Gasteiger charge is -1.98. The molecule has 0 aliphatic rings. The molecule has 2 rings (SSSR count). The molecule has 0 bridgehead atoms. The van der Waals surface area contributed by atoms with Crippen LogP contribution in [0, 0.1) is 6.92 Å². The predicted octanol–water partition coefficient (Wildman–Crippen LogP) is 3.46. The Labute approximate surface area is 89.3 Å². The number of aromatic nitrogens is 1. The number of H-pyrrole nitrogens is 1. The van der Waals surface area contributed by atoms with Crippen LogP contribution >= 0.6 is 0 Å². The van der Waals surface area contributed by atoms with Crippen LogP contribution in [-0.4, -0.2) is 10.8 Å². The number of benzene rings is 1. The van der Waals surface area contributed by atoms with Crippen molar-refractivity contribution in [3.8, 4) is 0 Å². The second-order valence-corrected chi connectivity index (χ2v) is 3.84. The van der Waals surface area contributed by atoms with Crippen molar-refractivity contribution in [2.75, 3.05) is 0 Å². The van der Waals surface area contributed by atoms with Gasteiger partial charge in [-0.2, -0.15) is 0 Å². The number of carbonyl (C=O) groups excluding carboxylic acids is 1. The molecule has 0 amide bonds. The minimum absolute atomic E-state index is 0.243. The van der Waals surface area contributed by atoms with E-state index in [2.05, 4.69) is 4.98 Å². The maximum Gasteiger partial charge on any atom is 0.165 e. The van der Waals surface area contributed by atoms with Crippen LogP contribution in [-0.2, 0) is 0 Å². The van der Waals surface area contributed by atoms with E-state index in [0.717, 1.165) is 28.6 Å². The highest BCUT2D eigenvalue weighted by molar-refractivity contribution is 6.09. The van der Waals surface area contributed by atoms with E-state index in [1.807, 2.05) is 38.1 Å². The molecule has 1 aromatic carbocycles. The van der Waals surface area contributed by atoms with E-state index in [4.69, 9.17) is 0 Å². The zero-order valence-corrected chi connectivity index (χ0v) is 9.13. The number of rotatable bonds is 3. The van der Waals surface area contributed by atoms with Gasteiger partial charge in [-0.05, 0) is 19.4 Å². The van der Waals surface area contributed by atoms with Crippen molar-refractivity contribution in [2.24, 2.45) is 0 Å². The lowest BCUT2D eigenvalue weighted by molar-refractivity contribution is 0.0983. The van der Waals surface area contributed by atoms with Crippen molar-refractivity contribution in [3.05, 3.63) is 35.5 Å². The molecule has 0 radical (unpaired) electrons. The van der Waals surface area contributed by atoms with Crippen LogP contribution in [0.15, 0.2) is 24.3 Å². The van der Waals surface area contributed by atoms with Gasteiger partial charge in [0.25, 0.3) is 0 Å². The maximum absolute atomic E-state index is 11.9. The molecule has 1 heterocycles. The van der Waals surface area contributed by atoms with E-state index < -0.39 is 0 Å². The van der Waals surface area contributed by atoms with Gasteiger partial charge in [-0.1, -0.05) is 25.1 Å². The summed E-state index contributed by atoms with van der Waals surface area (Å²) in [6, 6.07) is 7.96. The van der Waals surface area contributed by atoms with Crippen LogP contribution in [0.4, 0.5) is 0 Å². The van der Waals surface area contributed by atoms with Gasteiger partial charge >= 0.3 is 0 Å². The second kappa shape index (κ2) is 3.89. The molecule has 0 unspecified atom stereocenters. The smallest absolute Gasteiger partial charge is 0.165 e. The third-order valence-electron chi connectivity index (χ3n) is 2.65. The number of ketones is 1. The molecule has 0 fully saturated rings. The number of nitrogens with one attached hydrogen (secondary N) is 1. The molecule has 2 heteroatoms. The number of fused-ring (bicyclic) bond motifs is 1. The highest BCUT2D eigenvalue weighted by Crippen LogP contribution is 2.23. The van der Waals surface area contributed by atoms with Gasteiger partial charge in [0.2, 0.25) is 0 Å². The molecule has 2 nitrogen and oxygen atoms in total. The summed E-state index contributed by atoms with van der Waals surface area (Å²) >= 11 is 0. The van der Waals surface area contributed by atoms with Crippen molar-refractivity contribution in [1.82, 2.24) is 4.98 Å². The highest BCUT2D eigenvalue weighted by Gasteiger charge is 2.14. The molecule has 0 saturated heterocycles. The third kappa shape index (κ3) is 1.67. The Kier molecular flexibility index (Phi) is 2.58. The van der Waals surface area contributed by atoms with Gasteiger partial charge < -0.3 is 4.98 Å².